The van der Waals surface area contributed by atoms with Crippen molar-refractivity contribution in [2.45, 2.75) is 49.3 Å². The van der Waals surface area contributed by atoms with Crippen LogP contribution in [0.4, 0.5) is 0 Å². The van der Waals surface area contributed by atoms with Crippen LogP contribution in [0, 0.1) is 23.7 Å². The van der Waals surface area contributed by atoms with Crippen LogP contribution in [0.5, 0.6) is 0 Å². The molecule has 0 radical (unpaired) electrons. The lowest BCUT2D eigenvalue weighted by atomic mass is 9.97. The highest BCUT2D eigenvalue weighted by atomic mass is 35.5. The van der Waals surface area contributed by atoms with E-state index in [9.17, 15) is 9.59 Å². The van der Waals surface area contributed by atoms with Crippen LogP contribution in [0.2, 0.25) is 0 Å². The summed E-state index contributed by atoms with van der Waals surface area (Å²) < 4.78 is 0. The molecule has 0 aliphatic heterocycles. The molecular formula is C14H18Cl2O2. The van der Waals surface area contributed by atoms with Crippen molar-refractivity contribution < 1.29 is 9.59 Å². The molecule has 3 aliphatic carbocycles. The van der Waals surface area contributed by atoms with E-state index in [-0.39, 0.29) is 35.2 Å². The first-order chi connectivity index (χ1) is 8.45. The summed E-state index contributed by atoms with van der Waals surface area (Å²) in [5, 5.41) is 0. The zero-order valence-corrected chi connectivity index (χ0v) is 12.2. The van der Waals surface area contributed by atoms with Crippen molar-refractivity contribution in [2.24, 2.45) is 23.7 Å². The molecule has 18 heavy (non-hydrogen) atoms. The Hall–Kier alpha value is -0.0800. The van der Waals surface area contributed by atoms with E-state index in [4.69, 9.17) is 23.2 Å². The number of hydrogen-bond acceptors (Lipinski definition) is 2. The van der Waals surface area contributed by atoms with Gasteiger partial charge in [0.25, 0.3) is 0 Å². The predicted molar refractivity (Wildman–Crippen MR) is 71.0 cm³/mol. The van der Waals surface area contributed by atoms with E-state index >= 15 is 0 Å². The number of carbonyl (C=O) groups is 2. The summed E-state index contributed by atoms with van der Waals surface area (Å²) in [6.45, 7) is 4.10. The molecule has 0 unspecified atom stereocenters. The van der Waals surface area contributed by atoms with Gasteiger partial charge in [0.15, 0.2) is 11.6 Å². The van der Waals surface area contributed by atoms with Crippen molar-refractivity contribution in [2.75, 3.05) is 0 Å². The largest absolute Gasteiger partial charge is 0.297 e. The first-order valence-corrected chi connectivity index (χ1v) is 7.67. The second-order valence-corrected chi connectivity index (χ2v) is 7.26. The summed E-state index contributed by atoms with van der Waals surface area (Å²) in [5.41, 5.74) is 0. The van der Waals surface area contributed by atoms with Crippen molar-refractivity contribution in [3.63, 3.8) is 0 Å². The van der Waals surface area contributed by atoms with Crippen molar-refractivity contribution in [3.05, 3.63) is 0 Å². The number of ketones is 2. The van der Waals surface area contributed by atoms with Crippen LogP contribution in [0.3, 0.4) is 0 Å². The van der Waals surface area contributed by atoms with Gasteiger partial charge in [-0.1, -0.05) is 26.7 Å². The molecule has 4 heteroatoms. The number of Topliss-reactive ketones (excluding diaryl/α,β-unsaturated/α-hetero) is 2. The second-order valence-electron chi connectivity index (χ2n) is 6.01. The van der Waals surface area contributed by atoms with Gasteiger partial charge in [-0.3, -0.25) is 9.59 Å². The normalized spacial score (nSPS) is 52.9. The van der Waals surface area contributed by atoms with Gasteiger partial charge in [-0.2, -0.15) is 0 Å². The van der Waals surface area contributed by atoms with Gasteiger partial charge in [-0.15, -0.1) is 23.2 Å². The maximum atomic E-state index is 12.5. The highest BCUT2D eigenvalue weighted by molar-refractivity contribution is 6.51. The fourth-order valence-corrected chi connectivity index (χ4v) is 5.20. The molecule has 6 atom stereocenters. The van der Waals surface area contributed by atoms with E-state index < -0.39 is 9.75 Å². The van der Waals surface area contributed by atoms with Crippen molar-refractivity contribution in [3.8, 4) is 0 Å². The molecule has 100 valence electrons. The summed E-state index contributed by atoms with van der Waals surface area (Å²) >= 11 is 12.9. The number of rotatable bonds is 4. The maximum absolute atomic E-state index is 12.5. The van der Waals surface area contributed by atoms with Crippen LogP contribution in [-0.2, 0) is 9.59 Å². The summed E-state index contributed by atoms with van der Waals surface area (Å²) in [4.78, 5) is 23.2. The van der Waals surface area contributed by atoms with Crippen LogP contribution in [0.1, 0.15) is 39.5 Å². The summed E-state index contributed by atoms with van der Waals surface area (Å²) in [6, 6.07) is 0. The minimum Gasteiger partial charge on any atom is -0.297 e. The Morgan fingerprint density at radius 1 is 0.889 bits per heavy atom. The van der Waals surface area contributed by atoms with Gasteiger partial charge in [0.1, 0.15) is 9.75 Å². The highest BCUT2D eigenvalue weighted by Crippen LogP contribution is 2.74. The maximum Gasteiger partial charge on any atom is 0.160 e. The molecular weight excluding hydrogens is 271 g/mol. The molecule has 2 nitrogen and oxygen atoms in total. The Morgan fingerprint density at radius 2 is 1.22 bits per heavy atom. The predicted octanol–water partition coefficient (Wildman–Crippen LogP) is 3.19. The van der Waals surface area contributed by atoms with Gasteiger partial charge in [0.05, 0.1) is 11.8 Å². The average Bonchev–Trinajstić information content (AvgIpc) is 3.13. The SMILES string of the molecule is CCC[C@@H]1[C@H]2C(=O)[C@]3(Cl)[C@@H](CCC)[C@@H]3C(=O)[C@@]12Cl. The first kappa shape index (κ1) is 12.9. The lowest BCUT2D eigenvalue weighted by Gasteiger charge is -2.16. The van der Waals surface area contributed by atoms with Crippen molar-refractivity contribution in [1.29, 1.82) is 0 Å². The summed E-state index contributed by atoms with van der Waals surface area (Å²) in [7, 11) is 0. The number of fused-ring (bicyclic) bond motifs is 2. The van der Waals surface area contributed by atoms with E-state index in [0.717, 1.165) is 25.7 Å². The molecule has 0 N–H and O–H groups in total. The number of carbonyl (C=O) groups excluding carboxylic acids is 2. The third kappa shape index (κ3) is 1.22. The van der Waals surface area contributed by atoms with E-state index in [2.05, 4.69) is 13.8 Å². The Morgan fingerprint density at radius 3 is 1.50 bits per heavy atom. The van der Waals surface area contributed by atoms with Crippen molar-refractivity contribution in [1.82, 2.24) is 0 Å². The van der Waals surface area contributed by atoms with Gasteiger partial charge in [0, 0.05) is 0 Å². The van der Waals surface area contributed by atoms with Gasteiger partial charge in [-0.25, -0.2) is 0 Å². The molecule has 0 saturated heterocycles. The van der Waals surface area contributed by atoms with Crippen LogP contribution in [0.25, 0.3) is 0 Å². The molecule has 0 aromatic carbocycles. The van der Waals surface area contributed by atoms with Gasteiger partial charge in [-0.05, 0) is 24.7 Å². The number of alkyl halides is 2. The third-order valence-electron chi connectivity index (χ3n) is 5.09. The Kier molecular flexibility index (Phi) is 2.68. The summed E-state index contributed by atoms with van der Waals surface area (Å²) in [5.74, 6) is -0.421. The summed E-state index contributed by atoms with van der Waals surface area (Å²) in [6.07, 6.45) is 3.61. The van der Waals surface area contributed by atoms with E-state index in [1.54, 1.807) is 0 Å². The molecule has 0 bridgehead atoms. The third-order valence-corrected chi connectivity index (χ3v) is 6.49. The van der Waals surface area contributed by atoms with Gasteiger partial charge in [0.2, 0.25) is 0 Å². The topological polar surface area (TPSA) is 34.1 Å². The Labute approximate surface area is 117 Å². The molecule has 0 heterocycles. The molecule has 0 spiro atoms. The fourth-order valence-electron chi connectivity index (χ4n) is 4.12. The lowest BCUT2D eigenvalue weighted by Crippen LogP contribution is -2.37. The minimum atomic E-state index is -0.890. The van der Waals surface area contributed by atoms with Crippen LogP contribution in [0.15, 0.2) is 0 Å². The quantitative estimate of drug-likeness (QED) is 0.745. The Bertz CT molecular complexity index is 396. The minimum absolute atomic E-state index is 0.0369. The van der Waals surface area contributed by atoms with Gasteiger partial charge < -0.3 is 0 Å². The monoisotopic (exact) mass is 288 g/mol. The van der Waals surface area contributed by atoms with E-state index in [1.807, 2.05) is 0 Å². The number of hydrogen-bond donors (Lipinski definition) is 0. The molecule has 3 aliphatic rings. The van der Waals surface area contributed by atoms with Crippen molar-refractivity contribution >= 4 is 34.8 Å². The smallest absolute Gasteiger partial charge is 0.160 e. The number of halogens is 2. The van der Waals surface area contributed by atoms with E-state index in [1.165, 1.54) is 0 Å². The molecule has 0 aromatic heterocycles. The standard InChI is InChI=1S/C14H18Cl2O2/c1-3-5-7-9-11(17)14(16)8(6-4-2)10(14)12(18)13(7,9)15/h7-10H,3-6H2,1-2H3/t7-,8+,9+,10-,13-,14+. The molecule has 3 fully saturated rings. The molecule has 0 aromatic rings. The second kappa shape index (κ2) is 3.73. The van der Waals surface area contributed by atoms with Gasteiger partial charge >= 0.3 is 0 Å². The van der Waals surface area contributed by atoms with E-state index in [0.29, 0.717) is 0 Å². The molecule has 3 saturated carbocycles. The van der Waals surface area contributed by atoms with Crippen LogP contribution in [-0.4, -0.2) is 21.3 Å². The highest BCUT2D eigenvalue weighted by Gasteiger charge is 2.87. The molecule has 3 rings (SSSR count). The fraction of sp³-hybridized carbons (Fsp3) is 0.857. The average molecular weight is 289 g/mol. The zero-order chi connectivity index (χ0) is 13.3. The van der Waals surface area contributed by atoms with Crippen LogP contribution >= 0.6 is 23.2 Å². The first-order valence-electron chi connectivity index (χ1n) is 6.92. The lowest BCUT2D eigenvalue weighted by molar-refractivity contribution is -0.129. The van der Waals surface area contributed by atoms with Crippen LogP contribution < -0.4 is 0 Å². The Balaban J connectivity index is 1.89. The molecule has 0 amide bonds. The zero-order valence-electron chi connectivity index (χ0n) is 10.7.